The molecule has 0 aromatic carbocycles. The lowest BCUT2D eigenvalue weighted by atomic mass is 10.1. The molecular weight excluding hydrogens is 395 g/mol. The highest BCUT2D eigenvalue weighted by Crippen LogP contribution is 2.49. The molecule has 0 unspecified atom stereocenters. The van der Waals surface area contributed by atoms with Gasteiger partial charge in [-0.3, -0.25) is 0 Å². The fraction of sp³-hybridized carbons (Fsp3) is 0.412. The van der Waals surface area contributed by atoms with Gasteiger partial charge in [-0.25, -0.2) is 9.97 Å². The first-order chi connectivity index (χ1) is 11.6. The molecule has 8 heteroatoms. The van der Waals surface area contributed by atoms with Crippen molar-refractivity contribution in [2.75, 3.05) is 5.32 Å². The zero-order chi connectivity index (χ0) is 16.7. The smallest absolute Gasteiger partial charge is 0.131 e. The molecule has 0 aliphatic heterocycles. The van der Waals surface area contributed by atoms with Gasteiger partial charge in [0.1, 0.15) is 10.2 Å². The number of thiophene rings is 1. The van der Waals surface area contributed by atoms with Crippen LogP contribution in [0.25, 0.3) is 10.2 Å². The summed E-state index contributed by atoms with van der Waals surface area (Å²) in [5, 5.41) is 7.08. The summed E-state index contributed by atoms with van der Waals surface area (Å²) in [6, 6.07) is 2.07. The van der Waals surface area contributed by atoms with E-state index in [0.29, 0.717) is 17.6 Å². The second-order valence-corrected chi connectivity index (χ2v) is 8.82. The minimum absolute atomic E-state index is 0. The van der Waals surface area contributed by atoms with Crippen molar-refractivity contribution in [2.45, 2.75) is 44.7 Å². The highest BCUT2D eigenvalue weighted by atomic mass is 35.5. The Morgan fingerprint density at radius 2 is 2.24 bits per heavy atom. The van der Waals surface area contributed by atoms with Crippen molar-refractivity contribution in [3.63, 3.8) is 0 Å². The molecule has 4 nitrogen and oxygen atoms in total. The third-order valence-corrected chi connectivity index (χ3v) is 6.35. The Morgan fingerprint density at radius 3 is 2.88 bits per heavy atom. The zero-order valence-corrected chi connectivity index (χ0v) is 17.0. The van der Waals surface area contributed by atoms with Crippen molar-refractivity contribution >= 4 is 62.6 Å². The van der Waals surface area contributed by atoms with E-state index in [-0.39, 0.29) is 18.4 Å². The quantitative estimate of drug-likeness (QED) is 0.543. The molecular formula is C17H20Cl2N4S2. The van der Waals surface area contributed by atoms with Gasteiger partial charge in [-0.2, -0.15) is 0 Å². The van der Waals surface area contributed by atoms with Crippen molar-refractivity contribution in [1.82, 2.24) is 9.97 Å². The molecule has 3 aromatic rings. The van der Waals surface area contributed by atoms with Crippen LogP contribution in [0.5, 0.6) is 0 Å². The molecule has 0 amide bonds. The number of pyridine rings is 1. The van der Waals surface area contributed by atoms with Gasteiger partial charge < -0.3 is 11.1 Å². The summed E-state index contributed by atoms with van der Waals surface area (Å²) >= 11 is 9.77. The number of halogens is 2. The summed E-state index contributed by atoms with van der Waals surface area (Å²) < 4.78 is 1.19. The van der Waals surface area contributed by atoms with Crippen LogP contribution in [0.3, 0.4) is 0 Å². The topological polar surface area (TPSA) is 63.8 Å². The van der Waals surface area contributed by atoms with Crippen LogP contribution in [-0.4, -0.2) is 16.0 Å². The van der Waals surface area contributed by atoms with Gasteiger partial charge in [0.15, 0.2) is 0 Å². The molecule has 1 saturated carbocycles. The van der Waals surface area contributed by atoms with E-state index in [1.807, 2.05) is 29.0 Å². The van der Waals surface area contributed by atoms with Crippen LogP contribution in [-0.2, 0) is 13.0 Å². The van der Waals surface area contributed by atoms with Crippen molar-refractivity contribution in [2.24, 2.45) is 5.73 Å². The van der Waals surface area contributed by atoms with Gasteiger partial charge in [0.05, 0.1) is 22.4 Å². The molecule has 3 heterocycles. The summed E-state index contributed by atoms with van der Waals surface area (Å²) in [5.74, 6) is 0.630. The van der Waals surface area contributed by atoms with Crippen LogP contribution in [0.15, 0.2) is 17.6 Å². The molecule has 1 fully saturated rings. The van der Waals surface area contributed by atoms with Gasteiger partial charge in [0.2, 0.25) is 0 Å². The molecule has 4 rings (SSSR count). The number of nitrogens with zero attached hydrogens (tertiary/aromatic N) is 2. The van der Waals surface area contributed by atoms with E-state index in [4.69, 9.17) is 17.3 Å². The number of rotatable bonds is 6. The van der Waals surface area contributed by atoms with Crippen molar-refractivity contribution in [3.05, 3.63) is 38.2 Å². The first-order valence-electron chi connectivity index (χ1n) is 8.11. The molecule has 0 bridgehead atoms. The number of thiazole rings is 1. The normalized spacial score (nSPS) is 15.2. The maximum atomic E-state index is 6.31. The van der Waals surface area contributed by atoms with Gasteiger partial charge in [-0.1, -0.05) is 11.6 Å². The summed E-state index contributed by atoms with van der Waals surface area (Å²) in [7, 11) is 0. The number of nitrogens with one attached hydrogen (secondary N) is 1. The average molecular weight is 415 g/mol. The summed E-state index contributed by atoms with van der Waals surface area (Å²) in [4.78, 5) is 10.4. The average Bonchev–Trinajstić information content (AvgIpc) is 3.09. The molecule has 134 valence electrons. The Morgan fingerprint density at radius 1 is 1.44 bits per heavy atom. The van der Waals surface area contributed by atoms with Gasteiger partial charge in [0, 0.05) is 28.6 Å². The minimum atomic E-state index is 0. The van der Waals surface area contributed by atoms with E-state index < -0.39 is 0 Å². The maximum Gasteiger partial charge on any atom is 0.131 e. The van der Waals surface area contributed by atoms with E-state index in [0.717, 1.165) is 22.6 Å². The van der Waals surface area contributed by atoms with Crippen molar-refractivity contribution < 1.29 is 0 Å². The monoisotopic (exact) mass is 414 g/mol. The summed E-state index contributed by atoms with van der Waals surface area (Å²) in [5.41, 5.74) is 9.55. The van der Waals surface area contributed by atoms with Gasteiger partial charge in [-0.05, 0) is 37.7 Å². The third kappa shape index (κ3) is 4.09. The SMILES string of the molecule is C[C@H](N)Cc1sc2c(NCc3nccs3)cc(Cl)nc2c1C1CC1.Cl. The fourth-order valence-electron chi connectivity index (χ4n) is 2.98. The Hall–Kier alpha value is -0.920. The molecule has 0 radical (unpaired) electrons. The van der Waals surface area contributed by atoms with Crippen LogP contribution in [0.2, 0.25) is 5.15 Å². The first-order valence-corrected chi connectivity index (χ1v) is 10.2. The largest absolute Gasteiger partial charge is 0.377 e. The molecule has 25 heavy (non-hydrogen) atoms. The number of fused-ring (bicyclic) bond motifs is 1. The number of hydrogen-bond acceptors (Lipinski definition) is 6. The Bertz CT molecular complexity index is 857. The summed E-state index contributed by atoms with van der Waals surface area (Å²) in [6.07, 6.45) is 5.21. The van der Waals surface area contributed by atoms with Crippen LogP contribution in [0.4, 0.5) is 5.69 Å². The number of hydrogen-bond donors (Lipinski definition) is 2. The Labute approximate surface area is 166 Å². The molecule has 1 atom stereocenters. The number of aromatic nitrogens is 2. The maximum absolute atomic E-state index is 6.31. The molecule has 0 saturated heterocycles. The van der Waals surface area contributed by atoms with Crippen LogP contribution < -0.4 is 11.1 Å². The van der Waals surface area contributed by atoms with Crippen LogP contribution in [0.1, 0.15) is 41.1 Å². The second kappa shape index (κ2) is 7.76. The van der Waals surface area contributed by atoms with E-state index >= 15 is 0 Å². The van der Waals surface area contributed by atoms with E-state index in [1.54, 1.807) is 11.3 Å². The number of nitrogens with two attached hydrogens (primary N) is 1. The van der Waals surface area contributed by atoms with Crippen LogP contribution >= 0.6 is 46.7 Å². The van der Waals surface area contributed by atoms with Gasteiger partial charge in [0.25, 0.3) is 0 Å². The van der Waals surface area contributed by atoms with Crippen molar-refractivity contribution in [3.8, 4) is 0 Å². The van der Waals surface area contributed by atoms with Gasteiger partial charge in [-0.15, -0.1) is 35.1 Å². The van der Waals surface area contributed by atoms with E-state index in [9.17, 15) is 0 Å². The molecule has 3 aromatic heterocycles. The van der Waals surface area contributed by atoms with Crippen LogP contribution in [0, 0.1) is 0 Å². The van der Waals surface area contributed by atoms with E-state index in [1.165, 1.54) is 28.0 Å². The predicted octanol–water partition coefficient (Wildman–Crippen LogP) is 5.21. The van der Waals surface area contributed by atoms with E-state index in [2.05, 4.69) is 22.2 Å². The highest BCUT2D eigenvalue weighted by Gasteiger charge is 2.31. The molecule has 3 N–H and O–H groups in total. The molecule has 1 aliphatic rings. The second-order valence-electron chi connectivity index (χ2n) is 6.34. The van der Waals surface area contributed by atoms with Gasteiger partial charge >= 0.3 is 0 Å². The third-order valence-electron chi connectivity index (χ3n) is 4.13. The van der Waals surface area contributed by atoms with Crippen molar-refractivity contribution in [1.29, 1.82) is 0 Å². The Balaban J connectivity index is 0.00000182. The summed E-state index contributed by atoms with van der Waals surface area (Å²) in [6.45, 7) is 2.76. The molecule has 1 aliphatic carbocycles. The zero-order valence-electron chi connectivity index (χ0n) is 13.8. The lowest BCUT2D eigenvalue weighted by Gasteiger charge is -2.07. The predicted molar refractivity (Wildman–Crippen MR) is 111 cm³/mol. The lowest BCUT2D eigenvalue weighted by molar-refractivity contribution is 0.741. The number of anilines is 1. The standard InChI is InChI=1S/C17H19ClN4S2.ClH/c1-9(19)6-12-15(10-2-3-10)16-17(24-12)11(7-13(18)22-16)21-8-14-20-4-5-23-14;/h4-5,7,9-10H,2-3,6,8,19H2,1H3,(H,21,22);1H/t9-;/m0./s1. The highest BCUT2D eigenvalue weighted by molar-refractivity contribution is 7.20. The minimum Gasteiger partial charge on any atom is -0.377 e. The fourth-order valence-corrected chi connectivity index (χ4v) is 5.19. The Kier molecular flexibility index (Phi) is 5.85. The first kappa shape index (κ1) is 18.9. The molecule has 0 spiro atoms. The lowest BCUT2D eigenvalue weighted by Crippen LogP contribution is -2.17.